The van der Waals surface area contributed by atoms with Crippen LogP contribution in [0.3, 0.4) is 0 Å². The van der Waals surface area contributed by atoms with E-state index in [1.807, 2.05) is 25.1 Å². The topological polar surface area (TPSA) is 84.9 Å². The Bertz CT molecular complexity index is 1070. The summed E-state index contributed by atoms with van der Waals surface area (Å²) in [6, 6.07) is 10.9. The van der Waals surface area contributed by atoms with Crippen molar-refractivity contribution in [1.29, 1.82) is 0 Å². The van der Waals surface area contributed by atoms with E-state index in [4.69, 9.17) is 9.47 Å². The Morgan fingerprint density at radius 2 is 1.90 bits per heavy atom. The molecule has 0 spiro atoms. The third kappa shape index (κ3) is 4.53. The van der Waals surface area contributed by atoms with Gasteiger partial charge < -0.3 is 14.8 Å². The number of rotatable bonds is 4. The first kappa shape index (κ1) is 22.0. The van der Waals surface area contributed by atoms with E-state index in [0.717, 1.165) is 17.4 Å². The average Bonchev–Trinajstić information content (AvgIpc) is 2.65. The van der Waals surface area contributed by atoms with Crippen molar-refractivity contribution in [2.75, 3.05) is 29.5 Å². The zero-order valence-corrected chi connectivity index (χ0v) is 19.0. The fraction of sp³-hybridized carbons (Fsp3) is 0.409. The maximum absolute atomic E-state index is 12.9. The molecule has 0 aliphatic carbocycles. The van der Waals surface area contributed by atoms with Crippen LogP contribution < -0.4 is 19.1 Å². The predicted octanol–water partition coefficient (Wildman–Crippen LogP) is 3.47. The lowest BCUT2D eigenvalue weighted by molar-refractivity contribution is -0.122. The molecule has 0 fully saturated rings. The number of benzene rings is 2. The van der Waals surface area contributed by atoms with E-state index in [0.29, 0.717) is 22.9 Å². The Morgan fingerprint density at radius 1 is 1.20 bits per heavy atom. The second-order valence-electron chi connectivity index (χ2n) is 8.53. The van der Waals surface area contributed by atoms with E-state index >= 15 is 0 Å². The summed E-state index contributed by atoms with van der Waals surface area (Å²) in [7, 11) is -2.09. The molecule has 0 aromatic heterocycles. The second kappa shape index (κ2) is 7.83. The van der Waals surface area contributed by atoms with Crippen LogP contribution in [0.25, 0.3) is 0 Å². The SMILES string of the molecule is COc1ccc(C)cc1NC(=O)[C@@H]1CN(S(C)(=O)=O)c2cc(C(C)(C)C)ccc2O1. The molecule has 1 amide bonds. The minimum atomic E-state index is -3.61. The number of sulfonamides is 1. The molecule has 0 saturated carbocycles. The summed E-state index contributed by atoms with van der Waals surface area (Å²) in [5.41, 5.74) is 2.72. The van der Waals surface area contributed by atoms with Gasteiger partial charge in [0.15, 0.2) is 6.10 Å². The zero-order valence-electron chi connectivity index (χ0n) is 18.1. The fourth-order valence-corrected chi connectivity index (χ4v) is 4.21. The van der Waals surface area contributed by atoms with Crippen molar-refractivity contribution in [3.63, 3.8) is 0 Å². The van der Waals surface area contributed by atoms with Crippen molar-refractivity contribution in [2.24, 2.45) is 0 Å². The van der Waals surface area contributed by atoms with Crippen molar-refractivity contribution in [3.8, 4) is 11.5 Å². The van der Waals surface area contributed by atoms with Gasteiger partial charge in [-0.1, -0.05) is 32.9 Å². The molecule has 2 aromatic carbocycles. The Labute approximate surface area is 178 Å². The molecule has 1 heterocycles. The van der Waals surface area contributed by atoms with Gasteiger partial charge in [0.1, 0.15) is 11.5 Å². The van der Waals surface area contributed by atoms with Gasteiger partial charge in [-0.2, -0.15) is 0 Å². The van der Waals surface area contributed by atoms with Gasteiger partial charge in [0.25, 0.3) is 5.91 Å². The molecule has 1 aliphatic heterocycles. The van der Waals surface area contributed by atoms with Crippen LogP contribution in [0.5, 0.6) is 11.5 Å². The zero-order chi connectivity index (χ0) is 22.3. The van der Waals surface area contributed by atoms with Crippen LogP contribution in [0.15, 0.2) is 36.4 Å². The number of nitrogens with one attached hydrogen (secondary N) is 1. The number of anilines is 2. The highest BCUT2D eigenvalue weighted by atomic mass is 32.2. The standard InChI is InChI=1S/C22H28N2O5S/c1-14-7-9-18(28-5)16(11-14)23-21(25)20-13-24(30(6,26)27)17-12-15(22(2,3)4)8-10-19(17)29-20/h7-12,20H,13H2,1-6H3,(H,23,25)/t20-/m0/s1. The molecule has 0 bridgehead atoms. The number of amides is 1. The van der Waals surface area contributed by atoms with Crippen molar-refractivity contribution >= 4 is 27.3 Å². The number of nitrogens with zero attached hydrogens (tertiary/aromatic N) is 1. The minimum Gasteiger partial charge on any atom is -0.495 e. The van der Waals surface area contributed by atoms with Crippen LogP contribution >= 0.6 is 0 Å². The average molecular weight is 433 g/mol. The maximum atomic E-state index is 12.9. The van der Waals surface area contributed by atoms with Gasteiger partial charge in [0.05, 0.1) is 31.3 Å². The first-order valence-corrected chi connectivity index (χ1v) is 11.5. The van der Waals surface area contributed by atoms with E-state index in [2.05, 4.69) is 26.1 Å². The summed E-state index contributed by atoms with van der Waals surface area (Å²) in [6.45, 7) is 7.94. The Morgan fingerprint density at radius 3 is 2.50 bits per heavy atom. The quantitative estimate of drug-likeness (QED) is 0.800. The summed E-state index contributed by atoms with van der Waals surface area (Å²) in [6.07, 6.45) is 0.127. The molecule has 30 heavy (non-hydrogen) atoms. The summed E-state index contributed by atoms with van der Waals surface area (Å²) in [5.74, 6) is 0.425. The molecule has 1 N–H and O–H groups in total. The van der Waals surface area contributed by atoms with Gasteiger partial charge in [-0.05, 0) is 47.7 Å². The lowest BCUT2D eigenvalue weighted by Crippen LogP contribution is -2.48. The van der Waals surface area contributed by atoms with Crippen molar-refractivity contribution in [2.45, 2.75) is 39.2 Å². The van der Waals surface area contributed by atoms with E-state index in [-0.39, 0.29) is 12.0 Å². The van der Waals surface area contributed by atoms with Gasteiger partial charge in [-0.3, -0.25) is 9.10 Å². The van der Waals surface area contributed by atoms with Crippen molar-refractivity contribution < 1.29 is 22.7 Å². The van der Waals surface area contributed by atoms with E-state index in [1.54, 1.807) is 18.2 Å². The van der Waals surface area contributed by atoms with Crippen LogP contribution in [0.2, 0.25) is 0 Å². The number of methoxy groups -OCH3 is 1. The lowest BCUT2D eigenvalue weighted by Gasteiger charge is -2.35. The normalized spacial score (nSPS) is 16.5. The monoisotopic (exact) mass is 432 g/mol. The van der Waals surface area contributed by atoms with Gasteiger partial charge in [-0.25, -0.2) is 8.42 Å². The van der Waals surface area contributed by atoms with Crippen LogP contribution in [0.4, 0.5) is 11.4 Å². The molecule has 1 aliphatic rings. The van der Waals surface area contributed by atoms with Gasteiger partial charge in [-0.15, -0.1) is 0 Å². The highest BCUT2D eigenvalue weighted by molar-refractivity contribution is 7.92. The summed E-state index contributed by atoms with van der Waals surface area (Å²) in [5, 5.41) is 2.80. The molecular formula is C22H28N2O5S. The Hall–Kier alpha value is -2.74. The molecule has 7 nitrogen and oxygen atoms in total. The Balaban J connectivity index is 1.94. The molecule has 8 heteroatoms. The predicted molar refractivity (Wildman–Crippen MR) is 118 cm³/mol. The number of aryl methyl sites for hydroxylation is 1. The fourth-order valence-electron chi connectivity index (χ4n) is 3.30. The largest absolute Gasteiger partial charge is 0.495 e. The molecule has 0 saturated heterocycles. The summed E-state index contributed by atoms with van der Waals surface area (Å²) < 4.78 is 37.4. The third-order valence-corrected chi connectivity index (χ3v) is 6.15. The smallest absolute Gasteiger partial charge is 0.267 e. The lowest BCUT2D eigenvalue weighted by atomic mass is 9.86. The first-order valence-electron chi connectivity index (χ1n) is 9.64. The number of carbonyl (C=O) groups excluding carboxylic acids is 1. The molecule has 0 unspecified atom stereocenters. The van der Waals surface area contributed by atoms with Crippen LogP contribution in [0.1, 0.15) is 31.9 Å². The van der Waals surface area contributed by atoms with Crippen molar-refractivity contribution in [1.82, 2.24) is 0 Å². The molecule has 0 radical (unpaired) electrons. The number of hydrogen-bond donors (Lipinski definition) is 1. The molecule has 1 atom stereocenters. The van der Waals surface area contributed by atoms with Crippen LogP contribution in [-0.4, -0.2) is 40.3 Å². The summed E-state index contributed by atoms with van der Waals surface area (Å²) in [4.78, 5) is 12.9. The summed E-state index contributed by atoms with van der Waals surface area (Å²) >= 11 is 0. The van der Waals surface area contributed by atoms with E-state index < -0.39 is 22.0 Å². The number of hydrogen-bond acceptors (Lipinski definition) is 5. The number of fused-ring (bicyclic) bond motifs is 1. The molecule has 162 valence electrons. The third-order valence-electron chi connectivity index (χ3n) is 5.00. The van der Waals surface area contributed by atoms with E-state index in [9.17, 15) is 13.2 Å². The van der Waals surface area contributed by atoms with E-state index in [1.165, 1.54) is 11.4 Å². The Kier molecular flexibility index (Phi) is 5.73. The highest BCUT2D eigenvalue weighted by Gasteiger charge is 2.36. The first-order chi connectivity index (χ1) is 13.9. The molecule has 2 aromatic rings. The maximum Gasteiger partial charge on any atom is 0.267 e. The van der Waals surface area contributed by atoms with Gasteiger partial charge in [0, 0.05) is 0 Å². The molecular weight excluding hydrogens is 404 g/mol. The van der Waals surface area contributed by atoms with Gasteiger partial charge in [0.2, 0.25) is 10.0 Å². The molecule has 3 rings (SSSR count). The highest BCUT2D eigenvalue weighted by Crippen LogP contribution is 2.39. The van der Waals surface area contributed by atoms with Gasteiger partial charge >= 0.3 is 0 Å². The second-order valence-corrected chi connectivity index (χ2v) is 10.4. The number of carbonyl (C=O) groups is 1. The van der Waals surface area contributed by atoms with Crippen LogP contribution in [-0.2, 0) is 20.2 Å². The number of ether oxygens (including phenoxy) is 2. The van der Waals surface area contributed by atoms with Crippen LogP contribution in [0, 0.1) is 6.92 Å². The minimum absolute atomic E-state index is 0.112. The van der Waals surface area contributed by atoms with Crippen molar-refractivity contribution in [3.05, 3.63) is 47.5 Å².